The van der Waals surface area contributed by atoms with Crippen LogP contribution in [0.1, 0.15) is 65.2 Å². The molecule has 2 rings (SSSR count). The average molecular weight is 324 g/mol. The molecule has 23 heavy (non-hydrogen) atoms. The minimum Gasteiger partial charge on any atom is -0.381 e. The summed E-state index contributed by atoms with van der Waals surface area (Å²) in [6.07, 6.45) is 7.26. The van der Waals surface area contributed by atoms with Crippen LogP contribution in [-0.2, 0) is 14.3 Å². The Balaban J connectivity index is 1.87. The van der Waals surface area contributed by atoms with Crippen LogP contribution in [0.2, 0.25) is 0 Å². The van der Waals surface area contributed by atoms with Crippen LogP contribution >= 0.6 is 0 Å². The monoisotopic (exact) mass is 324 g/mol. The standard InChI is InChI=1S/C18H32N2O3/c1-18(2)7-3-4-13(12-18)10-17(22)20-15(11-16(19)21)14-5-8-23-9-6-14/h13-15H,3-12H2,1-2H3,(H2,19,21)(H,20,22). The van der Waals surface area contributed by atoms with E-state index in [1.165, 1.54) is 12.8 Å². The van der Waals surface area contributed by atoms with Gasteiger partial charge in [0.1, 0.15) is 0 Å². The van der Waals surface area contributed by atoms with Crippen molar-refractivity contribution in [1.82, 2.24) is 5.32 Å². The normalized spacial score (nSPS) is 26.4. The Morgan fingerprint density at radius 2 is 1.96 bits per heavy atom. The van der Waals surface area contributed by atoms with Crippen molar-refractivity contribution in [3.8, 4) is 0 Å². The Bertz CT molecular complexity index is 416. The van der Waals surface area contributed by atoms with E-state index in [1.807, 2.05) is 0 Å². The van der Waals surface area contributed by atoms with E-state index in [-0.39, 0.29) is 24.3 Å². The first-order valence-electron chi connectivity index (χ1n) is 9.01. The predicted octanol–water partition coefficient (Wildman–Crippen LogP) is 2.38. The van der Waals surface area contributed by atoms with Gasteiger partial charge in [-0.25, -0.2) is 0 Å². The molecule has 2 fully saturated rings. The summed E-state index contributed by atoms with van der Waals surface area (Å²) < 4.78 is 5.38. The lowest BCUT2D eigenvalue weighted by atomic mass is 9.71. The topological polar surface area (TPSA) is 81.4 Å². The largest absolute Gasteiger partial charge is 0.381 e. The Kier molecular flexibility index (Phi) is 6.45. The Hall–Kier alpha value is -1.10. The second-order valence-corrected chi connectivity index (χ2v) is 8.12. The highest BCUT2D eigenvalue weighted by atomic mass is 16.5. The number of nitrogens with one attached hydrogen (secondary N) is 1. The molecule has 2 atom stereocenters. The van der Waals surface area contributed by atoms with E-state index in [2.05, 4.69) is 19.2 Å². The number of amides is 2. The first-order chi connectivity index (χ1) is 10.9. The van der Waals surface area contributed by atoms with Gasteiger partial charge in [0.05, 0.1) is 0 Å². The van der Waals surface area contributed by atoms with E-state index in [4.69, 9.17) is 10.5 Å². The summed E-state index contributed by atoms with van der Waals surface area (Å²) in [5.74, 6) is 0.483. The molecule has 1 aliphatic heterocycles. The maximum Gasteiger partial charge on any atom is 0.220 e. The zero-order valence-electron chi connectivity index (χ0n) is 14.6. The van der Waals surface area contributed by atoms with Crippen LogP contribution in [0.3, 0.4) is 0 Å². The average Bonchev–Trinajstić information content (AvgIpc) is 2.46. The number of primary amides is 1. The molecule has 0 aromatic rings. The molecule has 2 unspecified atom stereocenters. The van der Waals surface area contributed by atoms with Gasteiger partial charge in [-0.3, -0.25) is 9.59 Å². The first-order valence-corrected chi connectivity index (χ1v) is 9.01. The molecule has 5 heteroatoms. The van der Waals surface area contributed by atoms with Crippen LogP contribution in [0.25, 0.3) is 0 Å². The molecular formula is C18H32N2O3. The fraction of sp³-hybridized carbons (Fsp3) is 0.889. The van der Waals surface area contributed by atoms with Gasteiger partial charge in [-0.05, 0) is 49.4 Å². The van der Waals surface area contributed by atoms with Crippen molar-refractivity contribution in [2.45, 2.75) is 71.3 Å². The van der Waals surface area contributed by atoms with E-state index >= 15 is 0 Å². The summed E-state index contributed by atoms with van der Waals surface area (Å²) in [7, 11) is 0. The van der Waals surface area contributed by atoms with E-state index < -0.39 is 0 Å². The van der Waals surface area contributed by atoms with Gasteiger partial charge < -0.3 is 15.8 Å². The van der Waals surface area contributed by atoms with Crippen molar-refractivity contribution in [1.29, 1.82) is 0 Å². The number of carbonyl (C=O) groups is 2. The van der Waals surface area contributed by atoms with Crippen molar-refractivity contribution < 1.29 is 14.3 Å². The number of hydrogen-bond donors (Lipinski definition) is 2. The molecule has 132 valence electrons. The number of ether oxygens (including phenoxy) is 1. The molecule has 5 nitrogen and oxygen atoms in total. The Morgan fingerprint density at radius 3 is 2.57 bits per heavy atom. The van der Waals surface area contributed by atoms with Crippen molar-refractivity contribution in [3.05, 3.63) is 0 Å². The molecule has 1 saturated carbocycles. The molecule has 0 spiro atoms. The van der Waals surface area contributed by atoms with E-state index in [0.717, 1.165) is 25.7 Å². The molecular weight excluding hydrogens is 292 g/mol. The molecule has 2 amide bonds. The van der Waals surface area contributed by atoms with Crippen LogP contribution < -0.4 is 11.1 Å². The van der Waals surface area contributed by atoms with Crippen molar-refractivity contribution in [2.24, 2.45) is 23.0 Å². The summed E-state index contributed by atoms with van der Waals surface area (Å²) in [5, 5.41) is 3.10. The minimum atomic E-state index is -0.347. The number of rotatable bonds is 6. The van der Waals surface area contributed by atoms with Crippen LogP contribution in [0.5, 0.6) is 0 Å². The quantitative estimate of drug-likeness (QED) is 0.787. The number of hydrogen-bond acceptors (Lipinski definition) is 3. The second-order valence-electron chi connectivity index (χ2n) is 8.12. The number of carbonyl (C=O) groups excluding carboxylic acids is 2. The van der Waals surface area contributed by atoms with Gasteiger partial charge in [-0.15, -0.1) is 0 Å². The number of nitrogens with two attached hydrogens (primary N) is 1. The maximum absolute atomic E-state index is 12.5. The Labute approximate surface area is 139 Å². The predicted molar refractivity (Wildman–Crippen MR) is 89.6 cm³/mol. The summed E-state index contributed by atoms with van der Waals surface area (Å²) in [5.41, 5.74) is 5.72. The Morgan fingerprint density at radius 1 is 1.26 bits per heavy atom. The molecule has 0 bridgehead atoms. The first kappa shape index (κ1) is 18.2. The van der Waals surface area contributed by atoms with Crippen LogP contribution in [0, 0.1) is 17.3 Å². The summed E-state index contributed by atoms with van der Waals surface area (Å²) in [6, 6.07) is -0.138. The molecule has 0 aromatic heterocycles. The lowest BCUT2D eigenvalue weighted by molar-refractivity contribution is -0.124. The summed E-state index contributed by atoms with van der Waals surface area (Å²) >= 11 is 0. The maximum atomic E-state index is 12.5. The molecule has 1 aliphatic carbocycles. The van der Waals surface area contributed by atoms with Gasteiger partial charge in [-0.2, -0.15) is 0 Å². The third-order valence-corrected chi connectivity index (χ3v) is 5.38. The fourth-order valence-electron chi connectivity index (χ4n) is 4.23. The zero-order valence-corrected chi connectivity index (χ0v) is 14.6. The molecule has 0 radical (unpaired) electrons. The van der Waals surface area contributed by atoms with Gasteiger partial charge in [0.15, 0.2) is 0 Å². The second kappa shape index (κ2) is 8.13. The van der Waals surface area contributed by atoms with Gasteiger partial charge in [-0.1, -0.05) is 20.3 Å². The van der Waals surface area contributed by atoms with Gasteiger partial charge in [0.2, 0.25) is 11.8 Å². The van der Waals surface area contributed by atoms with Crippen LogP contribution in [0.15, 0.2) is 0 Å². The fourth-order valence-corrected chi connectivity index (χ4v) is 4.23. The van der Waals surface area contributed by atoms with Crippen molar-refractivity contribution in [3.63, 3.8) is 0 Å². The van der Waals surface area contributed by atoms with E-state index in [9.17, 15) is 9.59 Å². The molecule has 3 N–H and O–H groups in total. The molecule has 0 aromatic carbocycles. The molecule has 1 heterocycles. The third-order valence-electron chi connectivity index (χ3n) is 5.38. The van der Waals surface area contributed by atoms with Gasteiger partial charge in [0, 0.05) is 32.1 Å². The lowest BCUT2D eigenvalue weighted by Crippen LogP contribution is -2.45. The minimum absolute atomic E-state index is 0.0745. The van der Waals surface area contributed by atoms with E-state index in [0.29, 0.717) is 36.9 Å². The van der Waals surface area contributed by atoms with E-state index in [1.54, 1.807) is 0 Å². The highest BCUT2D eigenvalue weighted by molar-refractivity contribution is 5.79. The third kappa shape index (κ3) is 6.13. The highest BCUT2D eigenvalue weighted by Gasteiger charge is 2.31. The van der Waals surface area contributed by atoms with Crippen molar-refractivity contribution in [2.75, 3.05) is 13.2 Å². The van der Waals surface area contributed by atoms with Crippen LogP contribution in [0.4, 0.5) is 0 Å². The lowest BCUT2D eigenvalue weighted by Gasteiger charge is -2.35. The highest BCUT2D eigenvalue weighted by Crippen LogP contribution is 2.39. The summed E-state index contributed by atoms with van der Waals surface area (Å²) in [4.78, 5) is 23.8. The summed E-state index contributed by atoms with van der Waals surface area (Å²) in [6.45, 7) is 5.98. The SMILES string of the molecule is CC1(C)CCCC(CC(=O)NC(CC(N)=O)C2CCOCC2)C1. The van der Waals surface area contributed by atoms with Gasteiger partial charge >= 0.3 is 0 Å². The zero-order chi connectivity index (χ0) is 16.9. The smallest absolute Gasteiger partial charge is 0.220 e. The van der Waals surface area contributed by atoms with Gasteiger partial charge in [0.25, 0.3) is 0 Å². The van der Waals surface area contributed by atoms with Crippen molar-refractivity contribution >= 4 is 11.8 Å². The molecule has 2 aliphatic rings. The van der Waals surface area contributed by atoms with Crippen LogP contribution in [-0.4, -0.2) is 31.1 Å². The molecule has 1 saturated heterocycles.